The zero-order chi connectivity index (χ0) is 27.4. The fourth-order valence-electron chi connectivity index (χ4n) is 4.68. The average molecular weight is 558 g/mol. The zero-order valence-electron chi connectivity index (χ0n) is 20.6. The van der Waals surface area contributed by atoms with Crippen LogP contribution in [0.1, 0.15) is 30.4 Å². The van der Waals surface area contributed by atoms with E-state index in [0.717, 1.165) is 22.3 Å². The average Bonchev–Trinajstić information content (AvgIpc) is 3.17. The predicted octanol–water partition coefficient (Wildman–Crippen LogP) is 3.89. The van der Waals surface area contributed by atoms with Gasteiger partial charge in [-0.2, -0.15) is 0 Å². The van der Waals surface area contributed by atoms with Gasteiger partial charge in [-0.05, 0) is 47.7 Å². The lowest BCUT2D eigenvalue weighted by molar-refractivity contribution is -0.151. The van der Waals surface area contributed by atoms with Gasteiger partial charge >= 0.3 is 5.97 Å². The fourth-order valence-corrected chi connectivity index (χ4v) is 5.00. The maximum atomic E-state index is 12.8. The standard InChI is InChI=1S/C29H29Cl2NO6/c1-16(32-25(34)15-24(33)28-26(35)27(36)29(37)38-28)21(13-17-7-12-22(30)23(31)14-17)20-10-8-19(9-11-20)18-5-3-2-4-6-18/h2-12,14,16,21,24,26-28,33,35-36H,13,15H2,1H3,(H,32,34)/t16-,21+,24?,26?,27?,28?/m1/s1. The lowest BCUT2D eigenvalue weighted by Crippen LogP contribution is -2.44. The lowest BCUT2D eigenvalue weighted by Gasteiger charge is -2.27. The van der Waals surface area contributed by atoms with Crippen molar-refractivity contribution in [1.29, 1.82) is 0 Å². The van der Waals surface area contributed by atoms with Crippen molar-refractivity contribution in [2.24, 2.45) is 0 Å². The van der Waals surface area contributed by atoms with Crippen LogP contribution in [0.2, 0.25) is 10.0 Å². The molecule has 1 amide bonds. The highest BCUT2D eigenvalue weighted by molar-refractivity contribution is 6.42. The van der Waals surface area contributed by atoms with E-state index in [9.17, 15) is 24.9 Å². The van der Waals surface area contributed by atoms with E-state index in [1.165, 1.54) is 0 Å². The maximum absolute atomic E-state index is 12.8. The Hall–Kier alpha value is -2.94. The number of aliphatic hydroxyl groups excluding tert-OH is 3. The molecule has 0 radical (unpaired) electrons. The molecule has 38 heavy (non-hydrogen) atoms. The van der Waals surface area contributed by atoms with Gasteiger partial charge in [0.2, 0.25) is 5.91 Å². The highest BCUT2D eigenvalue weighted by atomic mass is 35.5. The van der Waals surface area contributed by atoms with Crippen LogP contribution in [-0.2, 0) is 20.7 Å². The van der Waals surface area contributed by atoms with Crippen molar-refractivity contribution < 1.29 is 29.6 Å². The summed E-state index contributed by atoms with van der Waals surface area (Å²) in [6, 6.07) is 23.2. The van der Waals surface area contributed by atoms with E-state index >= 15 is 0 Å². The molecule has 3 aromatic carbocycles. The summed E-state index contributed by atoms with van der Waals surface area (Å²) < 4.78 is 4.83. The van der Waals surface area contributed by atoms with Crippen molar-refractivity contribution >= 4 is 35.1 Å². The summed E-state index contributed by atoms with van der Waals surface area (Å²) in [7, 11) is 0. The Bertz CT molecular complexity index is 1270. The number of cyclic esters (lactones) is 1. The molecule has 1 saturated heterocycles. The molecular weight excluding hydrogens is 529 g/mol. The number of hydrogen-bond acceptors (Lipinski definition) is 6. The Morgan fingerprint density at radius 2 is 1.63 bits per heavy atom. The van der Waals surface area contributed by atoms with Crippen molar-refractivity contribution in [3.05, 3.63) is 94.0 Å². The second-order valence-corrected chi connectivity index (χ2v) is 10.3. The first kappa shape index (κ1) is 28.1. The molecule has 1 heterocycles. The third kappa shape index (κ3) is 6.54. The number of carbonyl (C=O) groups excluding carboxylic acids is 2. The van der Waals surface area contributed by atoms with Crippen molar-refractivity contribution in [2.45, 2.75) is 56.1 Å². The largest absolute Gasteiger partial charge is 0.455 e. The molecule has 0 saturated carbocycles. The number of amides is 1. The quantitative estimate of drug-likeness (QED) is 0.296. The Kier molecular flexibility index (Phi) is 9.07. The predicted molar refractivity (Wildman–Crippen MR) is 145 cm³/mol. The smallest absolute Gasteiger partial charge is 0.338 e. The summed E-state index contributed by atoms with van der Waals surface area (Å²) in [6.07, 6.45) is -6.07. The van der Waals surface area contributed by atoms with Crippen molar-refractivity contribution in [3.63, 3.8) is 0 Å². The molecule has 9 heteroatoms. The number of nitrogens with one attached hydrogen (secondary N) is 1. The number of ether oxygens (including phenoxy) is 1. The first-order chi connectivity index (χ1) is 18.1. The summed E-state index contributed by atoms with van der Waals surface area (Å²) >= 11 is 12.3. The minimum atomic E-state index is -1.74. The number of halogens is 2. The highest BCUT2D eigenvalue weighted by Gasteiger charge is 2.46. The maximum Gasteiger partial charge on any atom is 0.338 e. The molecule has 6 atom stereocenters. The molecule has 0 bridgehead atoms. The van der Waals surface area contributed by atoms with Gasteiger partial charge in [0.1, 0.15) is 12.2 Å². The van der Waals surface area contributed by atoms with E-state index in [4.69, 9.17) is 27.9 Å². The normalized spacial score (nSPS) is 21.4. The van der Waals surface area contributed by atoms with Gasteiger partial charge in [-0.25, -0.2) is 4.79 Å². The van der Waals surface area contributed by atoms with Crippen LogP contribution in [0, 0.1) is 0 Å². The molecule has 0 aliphatic carbocycles. The Morgan fingerprint density at radius 1 is 0.974 bits per heavy atom. The van der Waals surface area contributed by atoms with Gasteiger partial charge in [0.25, 0.3) is 0 Å². The van der Waals surface area contributed by atoms with E-state index in [-0.39, 0.29) is 12.0 Å². The Morgan fingerprint density at radius 3 is 2.24 bits per heavy atom. The van der Waals surface area contributed by atoms with E-state index in [1.54, 1.807) is 12.1 Å². The molecule has 0 aromatic heterocycles. The van der Waals surface area contributed by atoms with Gasteiger partial charge < -0.3 is 25.4 Å². The van der Waals surface area contributed by atoms with Gasteiger partial charge in [0, 0.05) is 12.0 Å². The first-order valence-corrected chi connectivity index (χ1v) is 13.0. The van der Waals surface area contributed by atoms with Gasteiger partial charge in [0.15, 0.2) is 12.2 Å². The first-order valence-electron chi connectivity index (χ1n) is 12.3. The Balaban J connectivity index is 1.51. The topological polar surface area (TPSA) is 116 Å². The van der Waals surface area contributed by atoms with Crippen LogP contribution in [0.25, 0.3) is 11.1 Å². The molecule has 0 spiro atoms. The van der Waals surface area contributed by atoms with Gasteiger partial charge in [-0.15, -0.1) is 0 Å². The number of rotatable bonds is 9. The van der Waals surface area contributed by atoms with E-state index in [0.29, 0.717) is 16.5 Å². The van der Waals surface area contributed by atoms with Crippen molar-refractivity contribution in [2.75, 3.05) is 0 Å². The highest BCUT2D eigenvalue weighted by Crippen LogP contribution is 2.30. The van der Waals surface area contributed by atoms with Crippen LogP contribution in [-0.4, -0.2) is 57.7 Å². The third-order valence-electron chi connectivity index (χ3n) is 6.81. The summed E-state index contributed by atoms with van der Waals surface area (Å²) in [5.41, 5.74) is 4.09. The minimum Gasteiger partial charge on any atom is -0.455 e. The van der Waals surface area contributed by atoms with Crippen molar-refractivity contribution in [1.82, 2.24) is 5.32 Å². The molecule has 7 nitrogen and oxygen atoms in total. The Labute approximate surface area is 231 Å². The van der Waals surface area contributed by atoms with Gasteiger partial charge in [-0.3, -0.25) is 4.79 Å². The van der Waals surface area contributed by atoms with E-state index in [1.807, 2.05) is 67.6 Å². The van der Waals surface area contributed by atoms with Crippen LogP contribution >= 0.6 is 23.2 Å². The molecule has 4 unspecified atom stereocenters. The molecule has 1 aliphatic heterocycles. The number of benzene rings is 3. The SMILES string of the molecule is C[C@@H](NC(=O)CC(O)C1OC(=O)C(O)C1O)[C@H](Cc1ccc(Cl)c(Cl)c1)c1ccc(-c2ccccc2)cc1. The van der Waals surface area contributed by atoms with Crippen LogP contribution in [0.15, 0.2) is 72.8 Å². The molecule has 4 N–H and O–H groups in total. The third-order valence-corrected chi connectivity index (χ3v) is 7.54. The van der Waals surface area contributed by atoms with E-state index in [2.05, 4.69) is 5.32 Å². The summed E-state index contributed by atoms with van der Waals surface area (Å²) in [5, 5.41) is 33.7. The lowest BCUT2D eigenvalue weighted by atomic mass is 9.85. The second kappa shape index (κ2) is 12.3. The number of aliphatic hydroxyl groups is 3. The summed E-state index contributed by atoms with van der Waals surface area (Å²) in [6.45, 7) is 1.87. The van der Waals surface area contributed by atoms with Crippen molar-refractivity contribution in [3.8, 4) is 11.1 Å². The fraction of sp³-hybridized carbons (Fsp3) is 0.310. The molecule has 3 aromatic rings. The molecule has 4 rings (SSSR count). The van der Waals surface area contributed by atoms with Gasteiger partial charge in [-0.1, -0.05) is 83.9 Å². The summed E-state index contributed by atoms with van der Waals surface area (Å²) in [4.78, 5) is 24.3. The summed E-state index contributed by atoms with van der Waals surface area (Å²) in [5.74, 6) is -1.68. The van der Waals surface area contributed by atoms with Crippen LogP contribution < -0.4 is 5.32 Å². The number of carbonyl (C=O) groups is 2. The van der Waals surface area contributed by atoms with Gasteiger partial charge in [0.05, 0.1) is 16.5 Å². The number of esters is 1. The minimum absolute atomic E-state index is 0.158. The van der Waals surface area contributed by atoms with Crippen LogP contribution in [0.5, 0.6) is 0 Å². The number of hydrogen-bond donors (Lipinski definition) is 4. The molecule has 1 fully saturated rings. The zero-order valence-corrected chi connectivity index (χ0v) is 22.1. The monoisotopic (exact) mass is 557 g/mol. The molecule has 1 aliphatic rings. The second-order valence-electron chi connectivity index (χ2n) is 9.51. The molecular formula is C29H29Cl2NO6. The van der Waals surface area contributed by atoms with Crippen LogP contribution in [0.3, 0.4) is 0 Å². The van der Waals surface area contributed by atoms with E-state index < -0.39 is 42.7 Å². The molecule has 200 valence electrons. The van der Waals surface area contributed by atoms with Crippen LogP contribution in [0.4, 0.5) is 0 Å².